The summed E-state index contributed by atoms with van der Waals surface area (Å²) in [4.78, 5) is 0. The normalized spacial score (nSPS) is 17.0. The maximum absolute atomic E-state index is 3.85. The van der Waals surface area contributed by atoms with E-state index in [4.69, 9.17) is 0 Å². The summed E-state index contributed by atoms with van der Waals surface area (Å²) in [5.74, 6) is 1.33. The Balaban J connectivity index is 2.01. The maximum atomic E-state index is 3.85. The molecule has 0 spiro atoms. The Morgan fingerprint density at radius 2 is 1.78 bits per heavy atom. The van der Waals surface area contributed by atoms with Gasteiger partial charge in [-0.2, -0.15) is 0 Å². The van der Waals surface area contributed by atoms with Gasteiger partial charge in [0.1, 0.15) is 0 Å². The van der Waals surface area contributed by atoms with Crippen LogP contribution >= 0.6 is 31.9 Å². The van der Waals surface area contributed by atoms with Crippen LogP contribution in [0.15, 0.2) is 45.3 Å². The van der Waals surface area contributed by atoms with Crippen LogP contribution in [0.25, 0.3) is 11.1 Å². The molecule has 0 radical (unpaired) electrons. The molecule has 0 saturated heterocycles. The van der Waals surface area contributed by atoms with E-state index in [1.165, 1.54) is 58.8 Å². The first-order chi connectivity index (χ1) is 11.2. The first kappa shape index (κ1) is 17.2. The summed E-state index contributed by atoms with van der Waals surface area (Å²) in [5.41, 5.74) is 5.82. The summed E-state index contributed by atoms with van der Waals surface area (Å²) in [6.45, 7) is 4.64. The van der Waals surface area contributed by atoms with Gasteiger partial charge in [0, 0.05) is 14.9 Å². The molecular weight excluding hydrogens is 412 g/mol. The second kappa shape index (κ2) is 7.53. The number of unbranched alkanes of at least 4 members (excludes halogenated alkanes) is 1. The largest absolute Gasteiger partial charge is 0.0654 e. The number of hydrogen-bond acceptors (Lipinski definition) is 0. The average molecular weight is 436 g/mol. The van der Waals surface area contributed by atoms with Crippen LogP contribution in [0, 0.1) is 5.92 Å². The summed E-state index contributed by atoms with van der Waals surface area (Å²) in [6, 6.07) is 13.4. The van der Waals surface area contributed by atoms with Gasteiger partial charge in [-0.05, 0) is 72.5 Å². The van der Waals surface area contributed by atoms with Gasteiger partial charge < -0.3 is 0 Å². The Hall–Kier alpha value is -0.600. The highest BCUT2D eigenvalue weighted by atomic mass is 79.9. The highest BCUT2D eigenvalue weighted by Gasteiger charge is 2.32. The van der Waals surface area contributed by atoms with Crippen molar-refractivity contribution in [2.75, 3.05) is 0 Å². The first-order valence-electron chi connectivity index (χ1n) is 8.74. The SMILES string of the molecule is CCCCC(CC)CC1c2ccccc2-c2ccc(Br)c(Br)c21. The highest BCUT2D eigenvalue weighted by Crippen LogP contribution is 2.52. The highest BCUT2D eigenvalue weighted by molar-refractivity contribution is 9.13. The van der Waals surface area contributed by atoms with Crippen molar-refractivity contribution in [1.29, 1.82) is 0 Å². The Morgan fingerprint density at radius 1 is 1.00 bits per heavy atom. The van der Waals surface area contributed by atoms with Crippen LogP contribution in [0.5, 0.6) is 0 Å². The van der Waals surface area contributed by atoms with Crippen molar-refractivity contribution in [3.63, 3.8) is 0 Å². The van der Waals surface area contributed by atoms with Crippen molar-refractivity contribution >= 4 is 31.9 Å². The minimum atomic E-state index is 0.523. The monoisotopic (exact) mass is 434 g/mol. The van der Waals surface area contributed by atoms with Gasteiger partial charge in [0.05, 0.1) is 0 Å². The first-order valence-corrected chi connectivity index (χ1v) is 10.3. The van der Waals surface area contributed by atoms with E-state index in [9.17, 15) is 0 Å². The topological polar surface area (TPSA) is 0 Å². The summed E-state index contributed by atoms with van der Waals surface area (Å²) in [5, 5.41) is 0. The maximum Gasteiger partial charge on any atom is 0.0361 e. The molecule has 23 heavy (non-hydrogen) atoms. The minimum absolute atomic E-state index is 0.523. The molecule has 0 amide bonds. The van der Waals surface area contributed by atoms with Crippen LogP contribution in [0.4, 0.5) is 0 Å². The van der Waals surface area contributed by atoms with E-state index >= 15 is 0 Å². The summed E-state index contributed by atoms with van der Waals surface area (Å²) < 4.78 is 2.40. The van der Waals surface area contributed by atoms with Crippen molar-refractivity contribution in [3.05, 3.63) is 56.5 Å². The quantitative estimate of drug-likeness (QED) is 0.431. The van der Waals surface area contributed by atoms with Gasteiger partial charge in [-0.25, -0.2) is 0 Å². The van der Waals surface area contributed by atoms with Crippen molar-refractivity contribution in [2.45, 2.75) is 51.9 Å². The Bertz CT molecular complexity index is 690. The number of rotatable bonds is 6. The van der Waals surface area contributed by atoms with Crippen molar-refractivity contribution in [1.82, 2.24) is 0 Å². The zero-order valence-corrected chi connectivity index (χ0v) is 17.1. The Morgan fingerprint density at radius 3 is 2.52 bits per heavy atom. The smallest absolute Gasteiger partial charge is 0.0361 e. The summed E-state index contributed by atoms with van der Waals surface area (Å²) in [6.07, 6.45) is 6.53. The fourth-order valence-corrected chi connectivity index (χ4v) is 4.87. The Kier molecular flexibility index (Phi) is 5.64. The molecule has 2 aromatic carbocycles. The molecule has 2 heteroatoms. The number of halogens is 2. The number of benzene rings is 2. The molecule has 0 fully saturated rings. The van der Waals surface area contributed by atoms with Gasteiger partial charge >= 0.3 is 0 Å². The molecule has 0 nitrogen and oxygen atoms in total. The van der Waals surface area contributed by atoms with Gasteiger partial charge in [0.25, 0.3) is 0 Å². The molecule has 0 saturated carbocycles. The molecule has 2 atom stereocenters. The third-order valence-corrected chi connectivity index (χ3v) is 7.27. The van der Waals surface area contributed by atoms with E-state index in [2.05, 4.69) is 82.1 Å². The zero-order chi connectivity index (χ0) is 16.4. The fourth-order valence-electron chi connectivity index (χ4n) is 3.90. The van der Waals surface area contributed by atoms with Crippen LogP contribution in [-0.4, -0.2) is 0 Å². The molecule has 0 aromatic heterocycles. The second-order valence-corrected chi connectivity index (χ2v) is 8.26. The van der Waals surface area contributed by atoms with E-state index in [0.717, 1.165) is 10.4 Å². The number of hydrogen-bond donors (Lipinski definition) is 0. The van der Waals surface area contributed by atoms with Gasteiger partial charge in [-0.1, -0.05) is 69.9 Å². The second-order valence-electron chi connectivity index (χ2n) is 6.61. The molecule has 2 unspecified atom stereocenters. The van der Waals surface area contributed by atoms with Crippen LogP contribution < -0.4 is 0 Å². The Labute approximate surface area is 157 Å². The lowest BCUT2D eigenvalue weighted by Gasteiger charge is -2.22. The molecule has 122 valence electrons. The van der Waals surface area contributed by atoms with Crippen molar-refractivity contribution in [2.24, 2.45) is 5.92 Å². The molecule has 2 aromatic rings. The summed E-state index contributed by atoms with van der Waals surface area (Å²) in [7, 11) is 0. The third kappa shape index (κ3) is 3.30. The van der Waals surface area contributed by atoms with E-state index in [-0.39, 0.29) is 0 Å². The third-order valence-electron chi connectivity index (χ3n) is 5.22. The van der Waals surface area contributed by atoms with Crippen LogP contribution in [0.2, 0.25) is 0 Å². The van der Waals surface area contributed by atoms with Crippen molar-refractivity contribution < 1.29 is 0 Å². The van der Waals surface area contributed by atoms with Gasteiger partial charge in [-0.15, -0.1) is 0 Å². The number of fused-ring (bicyclic) bond motifs is 3. The minimum Gasteiger partial charge on any atom is -0.0654 e. The molecule has 0 aliphatic heterocycles. The molecule has 3 rings (SSSR count). The van der Waals surface area contributed by atoms with Gasteiger partial charge in [-0.3, -0.25) is 0 Å². The zero-order valence-electron chi connectivity index (χ0n) is 13.9. The fraction of sp³-hybridized carbons (Fsp3) is 0.429. The van der Waals surface area contributed by atoms with Crippen molar-refractivity contribution in [3.8, 4) is 11.1 Å². The lowest BCUT2D eigenvalue weighted by molar-refractivity contribution is 0.404. The molecule has 0 N–H and O–H groups in total. The molecule has 0 heterocycles. The molecular formula is C21H24Br2. The molecule has 1 aliphatic rings. The van der Waals surface area contributed by atoms with Crippen LogP contribution in [-0.2, 0) is 0 Å². The van der Waals surface area contributed by atoms with E-state index in [1.54, 1.807) is 0 Å². The van der Waals surface area contributed by atoms with Gasteiger partial charge in [0.2, 0.25) is 0 Å². The standard InChI is InChI=1S/C21H24Br2/c1-3-5-8-14(4-2)13-18-16-10-7-6-9-15(16)17-11-12-19(22)21(23)20(17)18/h6-7,9-12,14,18H,3-5,8,13H2,1-2H3. The lowest BCUT2D eigenvalue weighted by atomic mass is 9.84. The predicted octanol–water partition coefficient (Wildman–Crippen LogP) is 7.93. The van der Waals surface area contributed by atoms with E-state index < -0.39 is 0 Å². The predicted molar refractivity (Wildman–Crippen MR) is 107 cm³/mol. The molecule has 0 bridgehead atoms. The van der Waals surface area contributed by atoms with Gasteiger partial charge in [0.15, 0.2) is 0 Å². The summed E-state index contributed by atoms with van der Waals surface area (Å²) >= 11 is 7.55. The molecule has 1 aliphatic carbocycles. The average Bonchev–Trinajstić information content (AvgIpc) is 2.89. The van der Waals surface area contributed by atoms with E-state index in [1.807, 2.05) is 0 Å². The van der Waals surface area contributed by atoms with Crippen LogP contribution in [0.1, 0.15) is 63.0 Å². The van der Waals surface area contributed by atoms with E-state index in [0.29, 0.717) is 5.92 Å². The lowest BCUT2D eigenvalue weighted by Crippen LogP contribution is -2.07. The van der Waals surface area contributed by atoms with Crippen LogP contribution in [0.3, 0.4) is 0 Å².